The van der Waals surface area contributed by atoms with Crippen LogP contribution in [0.1, 0.15) is 38.7 Å². The summed E-state index contributed by atoms with van der Waals surface area (Å²) in [6.07, 6.45) is 0.773. The number of carbonyl (C=O) groups is 2. The third kappa shape index (κ3) is 3.70. The van der Waals surface area contributed by atoms with Crippen molar-refractivity contribution in [2.75, 3.05) is 11.9 Å². The normalized spacial score (nSPS) is 18.2. The van der Waals surface area contributed by atoms with Crippen LogP contribution in [0.4, 0.5) is 5.69 Å². The largest absolute Gasteiger partial charge is 0.355 e. The molecule has 7 nitrogen and oxygen atoms in total. The second-order valence-corrected chi connectivity index (χ2v) is 7.31. The minimum atomic E-state index is -3.84. The van der Waals surface area contributed by atoms with Gasteiger partial charge in [0, 0.05) is 12.2 Å². The molecule has 1 aromatic rings. The summed E-state index contributed by atoms with van der Waals surface area (Å²) in [5.41, 5.74) is 1.26. The van der Waals surface area contributed by atoms with Gasteiger partial charge in [0.25, 0.3) is 0 Å². The maximum absolute atomic E-state index is 12.4. The quantitative estimate of drug-likeness (QED) is 0.717. The molecule has 0 saturated carbocycles. The summed E-state index contributed by atoms with van der Waals surface area (Å²) in [6, 6.07) is 3.57. The second-order valence-electron chi connectivity index (χ2n) is 5.59. The third-order valence-corrected chi connectivity index (χ3v) is 5.26. The van der Waals surface area contributed by atoms with Gasteiger partial charge >= 0.3 is 0 Å². The molecule has 1 aliphatic heterocycles. The van der Waals surface area contributed by atoms with Crippen LogP contribution in [-0.4, -0.2) is 32.8 Å². The first-order chi connectivity index (χ1) is 10.8. The van der Waals surface area contributed by atoms with Crippen molar-refractivity contribution < 1.29 is 18.0 Å². The first-order valence-electron chi connectivity index (χ1n) is 7.51. The van der Waals surface area contributed by atoms with Gasteiger partial charge in [-0.15, -0.1) is 0 Å². The summed E-state index contributed by atoms with van der Waals surface area (Å²) < 4.78 is 27.2. The fourth-order valence-corrected chi connectivity index (χ4v) is 3.56. The molecule has 8 heteroatoms. The van der Waals surface area contributed by atoms with Crippen molar-refractivity contribution in [3.05, 3.63) is 23.8 Å². The molecule has 0 saturated heterocycles. The molecule has 1 heterocycles. The van der Waals surface area contributed by atoms with Crippen LogP contribution in [0.2, 0.25) is 0 Å². The number of anilines is 1. The first-order valence-corrected chi connectivity index (χ1v) is 8.99. The standard InChI is InChI=1S/C15H21N3O4S/c1-4-7-16-15(20)10(3)18-23(21,22)11-5-6-13-12(8-11)9(2)14(19)17-13/h5-6,8-10,18H,4,7H2,1-3H3,(H,16,20)(H,17,19)/t9-,10-/m0/s1. The van der Waals surface area contributed by atoms with Gasteiger partial charge in [-0.25, -0.2) is 8.42 Å². The molecule has 2 amide bonds. The van der Waals surface area contributed by atoms with E-state index in [4.69, 9.17) is 0 Å². The maximum Gasteiger partial charge on any atom is 0.241 e. The number of benzene rings is 1. The zero-order valence-electron chi connectivity index (χ0n) is 13.3. The minimum absolute atomic E-state index is 0.0368. The molecule has 3 N–H and O–H groups in total. The molecule has 0 aromatic heterocycles. The van der Waals surface area contributed by atoms with Crippen LogP contribution in [-0.2, 0) is 19.6 Å². The minimum Gasteiger partial charge on any atom is -0.355 e. The average Bonchev–Trinajstić information content (AvgIpc) is 2.78. The Bertz CT molecular complexity index is 730. The second kappa shape index (κ2) is 6.67. The molecule has 0 spiro atoms. The smallest absolute Gasteiger partial charge is 0.241 e. The highest BCUT2D eigenvalue weighted by Crippen LogP contribution is 2.33. The molecule has 0 unspecified atom stereocenters. The van der Waals surface area contributed by atoms with Crippen LogP contribution >= 0.6 is 0 Å². The zero-order valence-corrected chi connectivity index (χ0v) is 14.2. The zero-order chi connectivity index (χ0) is 17.2. The van der Waals surface area contributed by atoms with Crippen LogP contribution in [0, 0.1) is 0 Å². The van der Waals surface area contributed by atoms with Gasteiger partial charge in [0.2, 0.25) is 21.8 Å². The highest BCUT2D eigenvalue weighted by atomic mass is 32.2. The predicted octanol–water partition coefficient (Wildman–Crippen LogP) is 0.935. The molecule has 0 fully saturated rings. The molecule has 126 valence electrons. The highest BCUT2D eigenvalue weighted by Gasteiger charge is 2.29. The Balaban J connectivity index is 2.18. The summed E-state index contributed by atoms with van der Waals surface area (Å²) >= 11 is 0. The molecule has 1 aromatic carbocycles. The van der Waals surface area contributed by atoms with Gasteiger partial charge in [0.15, 0.2) is 0 Å². The molecular weight excluding hydrogens is 318 g/mol. The van der Waals surface area contributed by atoms with E-state index in [-0.39, 0.29) is 16.7 Å². The van der Waals surface area contributed by atoms with E-state index in [0.29, 0.717) is 17.8 Å². The van der Waals surface area contributed by atoms with Crippen molar-refractivity contribution in [1.82, 2.24) is 10.0 Å². The molecule has 0 aliphatic carbocycles. The fourth-order valence-electron chi connectivity index (χ4n) is 2.32. The van der Waals surface area contributed by atoms with Crippen molar-refractivity contribution in [2.24, 2.45) is 0 Å². The Kier molecular flexibility index (Phi) is 5.06. The molecule has 2 atom stereocenters. The average molecular weight is 339 g/mol. The molecular formula is C15H21N3O4S. The molecule has 2 rings (SSSR count). The summed E-state index contributed by atoms with van der Waals surface area (Å²) in [5.74, 6) is -0.929. The van der Waals surface area contributed by atoms with E-state index in [1.54, 1.807) is 13.0 Å². The summed E-state index contributed by atoms with van der Waals surface area (Å²) in [6.45, 7) is 5.61. The van der Waals surface area contributed by atoms with Gasteiger partial charge in [-0.1, -0.05) is 6.92 Å². The van der Waals surface area contributed by atoms with E-state index in [2.05, 4.69) is 15.4 Å². The predicted molar refractivity (Wildman–Crippen MR) is 86.6 cm³/mol. The Morgan fingerprint density at radius 2 is 2.09 bits per heavy atom. The number of hydrogen-bond donors (Lipinski definition) is 3. The number of amides is 2. The van der Waals surface area contributed by atoms with E-state index in [1.165, 1.54) is 19.1 Å². The van der Waals surface area contributed by atoms with Gasteiger partial charge in [0.05, 0.1) is 16.9 Å². The van der Waals surface area contributed by atoms with Crippen LogP contribution in [0.5, 0.6) is 0 Å². The number of rotatable bonds is 6. The van der Waals surface area contributed by atoms with Crippen LogP contribution < -0.4 is 15.4 Å². The van der Waals surface area contributed by atoms with Crippen LogP contribution in [0.25, 0.3) is 0 Å². The van der Waals surface area contributed by atoms with Crippen molar-refractivity contribution in [2.45, 2.75) is 44.0 Å². The Labute approximate surface area is 135 Å². The van der Waals surface area contributed by atoms with Gasteiger partial charge in [0.1, 0.15) is 0 Å². The van der Waals surface area contributed by atoms with Gasteiger partial charge < -0.3 is 10.6 Å². The molecule has 23 heavy (non-hydrogen) atoms. The van der Waals surface area contributed by atoms with E-state index in [0.717, 1.165) is 6.42 Å². The summed E-state index contributed by atoms with van der Waals surface area (Å²) in [4.78, 5) is 23.5. The maximum atomic E-state index is 12.4. The summed E-state index contributed by atoms with van der Waals surface area (Å²) in [5, 5.41) is 5.33. The molecule has 0 bridgehead atoms. The lowest BCUT2D eigenvalue weighted by Gasteiger charge is -2.15. The van der Waals surface area contributed by atoms with E-state index in [9.17, 15) is 18.0 Å². The lowest BCUT2D eigenvalue weighted by molar-refractivity contribution is -0.122. The first kappa shape index (κ1) is 17.4. The monoisotopic (exact) mass is 339 g/mol. The fraction of sp³-hybridized carbons (Fsp3) is 0.467. The highest BCUT2D eigenvalue weighted by molar-refractivity contribution is 7.89. The number of nitrogens with one attached hydrogen (secondary N) is 3. The number of sulfonamides is 1. The Morgan fingerprint density at radius 1 is 1.39 bits per heavy atom. The lowest BCUT2D eigenvalue weighted by atomic mass is 10.0. The van der Waals surface area contributed by atoms with E-state index in [1.807, 2.05) is 6.92 Å². The van der Waals surface area contributed by atoms with E-state index >= 15 is 0 Å². The van der Waals surface area contributed by atoms with Crippen molar-refractivity contribution in [1.29, 1.82) is 0 Å². The third-order valence-electron chi connectivity index (χ3n) is 3.73. The van der Waals surface area contributed by atoms with Crippen molar-refractivity contribution >= 4 is 27.5 Å². The van der Waals surface area contributed by atoms with Gasteiger partial charge in [-0.3, -0.25) is 9.59 Å². The van der Waals surface area contributed by atoms with E-state index < -0.39 is 22.0 Å². The number of fused-ring (bicyclic) bond motifs is 1. The van der Waals surface area contributed by atoms with Crippen LogP contribution in [0.3, 0.4) is 0 Å². The molecule has 0 radical (unpaired) electrons. The van der Waals surface area contributed by atoms with Crippen LogP contribution in [0.15, 0.2) is 23.1 Å². The topological polar surface area (TPSA) is 104 Å². The number of hydrogen-bond acceptors (Lipinski definition) is 4. The Hall–Kier alpha value is -1.93. The number of carbonyl (C=O) groups excluding carboxylic acids is 2. The van der Waals surface area contributed by atoms with Gasteiger partial charge in [-0.2, -0.15) is 4.72 Å². The Morgan fingerprint density at radius 3 is 2.74 bits per heavy atom. The summed E-state index contributed by atoms with van der Waals surface area (Å²) in [7, 11) is -3.84. The molecule has 1 aliphatic rings. The lowest BCUT2D eigenvalue weighted by Crippen LogP contribution is -2.44. The van der Waals surface area contributed by atoms with Crippen molar-refractivity contribution in [3.8, 4) is 0 Å². The van der Waals surface area contributed by atoms with Gasteiger partial charge in [-0.05, 0) is 44.0 Å². The van der Waals surface area contributed by atoms with Crippen molar-refractivity contribution in [3.63, 3.8) is 0 Å². The SMILES string of the molecule is CCCNC(=O)[C@H](C)NS(=O)(=O)c1ccc2c(c1)[C@H](C)C(=O)N2.